The fourth-order valence-corrected chi connectivity index (χ4v) is 3.80. The quantitative estimate of drug-likeness (QED) is 0.212. The Morgan fingerprint density at radius 3 is 2.11 bits per heavy atom. The third kappa shape index (κ3) is 5.26. The van der Waals surface area contributed by atoms with Crippen molar-refractivity contribution in [2.24, 2.45) is 0 Å². The maximum atomic E-state index is 14.8. The number of benzene rings is 4. The SMILES string of the molecule is CCCC(O)c1ccc(-c2ccc(OC(=O)c3ccc(-c4ccc(O)c(F)c4)cc3)c(F)c2F)cc1. The highest BCUT2D eigenvalue weighted by molar-refractivity contribution is 5.91. The van der Waals surface area contributed by atoms with Gasteiger partial charge in [0, 0.05) is 5.56 Å². The molecule has 0 bridgehead atoms. The van der Waals surface area contributed by atoms with Gasteiger partial charge in [0.05, 0.1) is 11.7 Å². The molecule has 0 aliphatic rings. The monoisotopic (exact) mass is 492 g/mol. The number of phenols is 1. The summed E-state index contributed by atoms with van der Waals surface area (Å²) in [5.41, 5.74) is 2.26. The van der Waals surface area contributed by atoms with Crippen molar-refractivity contribution >= 4 is 5.97 Å². The largest absolute Gasteiger partial charge is 0.505 e. The fraction of sp³-hybridized carbons (Fsp3) is 0.138. The van der Waals surface area contributed by atoms with E-state index in [9.17, 15) is 28.2 Å². The number of aliphatic hydroxyl groups is 1. The van der Waals surface area contributed by atoms with Crippen LogP contribution in [0.25, 0.3) is 22.3 Å². The number of phenolic OH excluding ortho intramolecular Hbond substituents is 1. The topological polar surface area (TPSA) is 66.8 Å². The van der Waals surface area contributed by atoms with E-state index in [2.05, 4.69) is 0 Å². The fourth-order valence-electron chi connectivity index (χ4n) is 3.80. The summed E-state index contributed by atoms with van der Waals surface area (Å²) < 4.78 is 48.2. The molecule has 0 aliphatic heterocycles. The van der Waals surface area contributed by atoms with Crippen LogP contribution in [0.15, 0.2) is 78.9 Å². The van der Waals surface area contributed by atoms with Crippen LogP contribution in [-0.4, -0.2) is 16.2 Å². The molecule has 184 valence electrons. The van der Waals surface area contributed by atoms with Gasteiger partial charge >= 0.3 is 5.97 Å². The molecular weight excluding hydrogens is 469 g/mol. The van der Waals surface area contributed by atoms with Gasteiger partial charge in [-0.15, -0.1) is 0 Å². The van der Waals surface area contributed by atoms with Crippen LogP contribution in [-0.2, 0) is 0 Å². The number of halogens is 3. The number of aliphatic hydroxyl groups excluding tert-OH is 1. The Bertz CT molecular complexity index is 1380. The normalized spacial score (nSPS) is 11.8. The van der Waals surface area contributed by atoms with Gasteiger partial charge < -0.3 is 14.9 Å². The average molecular weight is 492 g/mol. The summed E-state index contributed by atoms with van der Waals surface area (Å²) in [5.74, 6) is -5.15. The Morgan fingerprint density at radius 1 is 0.833 bits per heavy atom. The van der Waals surface area contributed by atoms with Crippen LogP contribution in [0.5, 0.6) is 11.5 Å². The lowest BCUT2D eigenvalue weighted by atomic mass is 9.99. The van der Waals surface area contributed by atoms with E-state index in [1.165, 1.54) is 36.4 Å². The van der Waals surface area contributed by atoms with Crippen LogP contribution >= 0.6 is 0 Å². The second-order valence-corrected chi connectivity index (χ2v) is 8.30. The molecule has 0 saturated carbocycles. The van der Waals surface area contributed by atoms with Crippen molar-refractivity contribution in [1.29, 1.82) is 0 Å². The Hall–Kier alpha value is -4.10. The van der Waals surface area contributed by atoms with Gasteiger partial charge in [0.1, 0.15) is 0 Å². The minimum absolute atomic E-state index is 0.00527. The van der Waals surface area contributed by atoms with Gasteiger partial charge in [0.2, 0.25) is 5.82 Å². The summed E-state index contributed by atoms with van der Waals surface area (Å²) in [6.45, 7) is 1.96. The van der Waals surface area contributed by atoms with Gasteiger partial charge in [-0.2, -0.15) is 4.39 Å². The van der Waals surface area contributed by atoms with Gasteiger partial charge in [-0.25, -0.2) is 13.6 Å². The van der Waals surface area contributed by atoms with E-state index in [4.69, 9.17) is 4.74 Å². The van der Waals surface area contributed by atoms with Crippen molar-refractivity contribution in [3.05, 3.63) is 107 Å². The zero-order chi connectivity index (χ0) is 25.8. The van der Waals surface area contributed by atoms with Crippen molar-refractivity contribution < 1.29 is 32.9 Å². The lowest BCUT2D eigenvalue weighted by Gasteiger charge is -2.12. The van der Waals surface area contributed by atoms with E-state index < -0.39 is 41.0 Å². The molecule has 0 fully saturated rings. The molecule has 2 N–H and O–H groups in total. The molecule has 4 aromatic carbocycles. The number of ether oxygens (including phenoxy) is 1. The van der Waals surface area contributed by atoms with Crippen molar-refractivity contribution in [1.82, 2.24) is 0 Å². The van der Waals surface area contributed by atoms with Crippen LogP contribution in [0.2, 0.25) is 0 Å². The lowest BCUT2D eigenvalue weighted by molar-refractivity contribution is 0.0726. The zero-order valence-corrected chi connectivity index (χ0v) is 19.3. The molecule has 0 aliphatic carbocycles. The highest BCUT2D eigenvalue weighted by Gasteiger charge is 2.19. The van der Waals surface area contributed by atoms with Crippen LogP contribution in [0.1, 0.15) is 41.8 Å². The molecule has 0 heterocycles. The predicted molar refractivity (Wildman–Crippen MR) is 130 cm³/mol. The molecule has 4 nitrogen and oxygen atoms in total. The molecule has 0 aromatic heterocycles. The molecular formula is C29H23F3O4. The lowest BCUT2D eigenvalue weighted by Crippen LogP contribution is -2.10. The van der Waals surface area contributed by atoms with E-state index >= 15 is 0 Å². The Labute approximate surface area is 206 Å². The summed E-state index contributed by atoms with van der Waals surface area (Å²) in [4.78, 5) is 12.5. The first-order chi connectivity index (χ1) is 17.3. The van der Waals surface area contributed by atoms with Gasteiger partial charge in [0.25, 0.3) is 0 Å². The summed E-state index contributed by atoms with van der Waals surface area (Å²) in [5, 5.41) is 19.4. The van der Waals surface area contributed by atoms with Crippen LogP contribution < -0.4 is 4.74 Å². The van der Waals surface area contributed by atoms with Gasteiger partial charge in [0.15, 0.2) is 23.1 Å². The molecule has 1 atom stereocenters. The second kappa shape index (κ2) is 10.7. The molecule has 0 spiro atoms. The van der Waals surface area contributed by atoms with Crippen molar-refractivity contribution in [2.75, 3.05) is 0 Å². The minimum Gasteiger partial charge on any atom is -0.505 e. The maximum Gasteiger partial charge on any atom is 0.343 e. The third-order valence-electron chi connectivity index (χ3n) is 5.82. The first-order valence-corrected chi connectivity index (χ1v) is 11.4. The molecule has 0 radical (unpaired) electrons. The maximum absolute atomic E-state index is 14.8. The van der Waals surface area contributed by atoms with E-state index in [1.807, 2.05) is 6.92 Å². The second-order valence-electron chi connectivity index (χ2n) is 8.30. The summed E-state index contributed by atoms with van der Waals surface area (Å²) in [6, 6.07) is 18.8. The molecule has 4 rings (SSSR count). The number of hydrogen-bond acceptors (Lipinski definition) is 4. The first-order valence-electron chi connectivity index (χ1n) is 11.4. The Kier molecular flexibility index (Phi) is 7.41. The van der Waals surface area contributed by atoms with Crippen molar-refractivity contribution in [2.45, 2.75) is 25.9 Å². The molecule has 36 heavy (non-hydrogen) atoms. The first kappa shape index (κ1) is 25.0. The van der Waals surface area contributed by atoms with E-state index in [0.29, 0.717) is 28.7 Å². The number of esters is 1. The van der Waals surface area contributed by atoms with Crippen LogP contribution in [0, 0.1) is 17.5 Å². The minimum atomic E-state index is -1.30. The summed E-state index contributed by atoms with van der Waals surface area (Å²) in [7, 11) is 0. The van der Waals surface area contributed by atoms with Crippen molar-refractivity contribution in [3.8, 4) is 33.8 Å². The molecule has 4 aromatic rings. The Morgan fingerprint density at radius 2 is 1.47 bits per heavy atom. The van der Waals surface area contributed by atoms with Crippen LogP contribution in [0.3, 0.4) is 0 Å². The van der Waals surface area contributed by atoms with Gasteiger partial charge in [-0.3, -0.25) is 0 Å². The average Bonchev–Trinajstić information content (AvgIpc) is 2.89. The van der Waals surface area contributed by atoms with E-state index in [0.717, 1.165) is 12.5 Å². The molecule has 0 saturated heterocycles. The van der Waals surface area contributed by atoms with Gasteiger partial charge in [-0.1, -0.05) is 55.8 Å². The standard InChI is InChI=1S/C29H23F3O4/c1-2-3-24(33)19-8-6-18(7-9-19)22-13-15-26(28(32)27(22)31)36-29(35)20-10-4-17(5-11-20)21-12-14-25(34)23(30)16-21/h4-16,24,33-34H,2-3H2,1H3. The van der Waals surface area contributed by atoms with Crippen molar-refractivity contribution in [3.63, 3.8) is 0 Å². The highest BCUT2D eigenvalue weighted by Crippen LogP contribution is 2.32. The Balaban J connectivity index is 1.50. The van der Waals surface area contributed by atoms with Crippen LogP contribution in [0.4, 0.5) is 13.2 Å². The molecule has 1 unspecified atom stereocenters. The number of rotatable bonds is 7. The zero-order valence-electron chi connectivity index (χ0n) is 19.3. The highest BCUT2D eigenvalue weighted by atomic mass is 19.2. The number of hydrogen-bond donors (Lipinski definition) is 2. The third-order valence-corrected chi connectivity index (χ3v) is 5.82. The summed E-state index contributed by atoms with van der Waals surface area (Å²) >= 11 is 0. The number of aromatic hydroxyl groups is 1. The molecule has 7 heteroatoms. The smallest absolute Gasteiger partial charge is 0.343 e. The number of carbonyl (C=O) groups is 1. The number of carbonyl (C=O) groups excluding carboxylic acids is 1. The molecule has 0 amide bonds. The van der Waals surface area contributed by atoms with Gasteiger partial charge in [-0.05, 0) is 65.1 Å². The summed E-state index contributed by atoms with van der Waals surface area (Å²) in [6.07, 6.45) is 0.787. The predicted octanol–water partition coefficient (Wildman–Crippen LogP) is 7.20. The van der Waals surface area contributed by atoms with E-state index in [1.54, 1.807) is 36.4 Å². The van der Waals surface area contributed by atoms with E-state index in [-0.39, 0.29) is 11.1 Å².